The topological polar surface area (TPSA) is 66.0 Å². The Morgan fingerprint density at radius 2 is 2.00 bits per heavy atom. The second-order valence-corrected chi connectivity index (χ2v) is 3.24. The number of aromatic carboxylic acids is 1. The van der Waals surface area contributed by atoms with Gasteiger partial charge >= 0.3 is 12.1 Å². The van der Waals surface area contributed by atoms with Crippen molar-refractivity contribution in [3.05, 3.63) is 29.3 Å². The van der Waals surface area contributed by atoms with Gasteiger partial charge in [0.15, 0.2) is 0 Å². The molecule has 2 N–H and O–H groups in total. The number of nitrogens with zero attached hydrogens (tertiary/aromatic N) is 1. The lowest BCUT2D eigenvalue weighted by atomic mass is 10.2. The Morgan fingerprint density at radius 1 is 1.35 bits per heavy atom. The number of carbonyl (C=O) groups is 1. The molecule has 8 heteroatoms. The minimum Gasteiger partial charge on any atom is -0.478 e. The van der Waals surface area contributed by atoms with Gasteiger partial charge in [-0.25, -0.2) is 14.2 Å². The Labute approximate surface area is 90.9 Å². The number of aromatic nitrogens is 2. The molecule has 0 unspecified atom stereocenters. The van der Waals surface area contributed by atoms with Gasteiger partial charge in [-0.3, -0.25) is 0 Å². The maximum atomic E-state index is 13.2. The SMILES string of the molecule is O=C(O)c1cc2nc(C(F)(F)F)[nH]c2cc1F. The molecule has 17 heavy (non-hydrogen) atoms. The van der Waals surface area contributed by atoms with Gasteiger partial charge < -0.3 is 10.1 Å². The molecule has 1 aromatic carbocycles. The zero-order chi connectivity index (χ0) is 12.8. The normalized spacial score (nSPS) is 12.0. The van der Waals surface area contributed by atoms with Crippen LogP contribution in [0.4, 0.5) is 17.6 Å². The molecule has 0 aliphatic rings. The first-order valence-electron chi connectivity index (χ1n) is 4.29. The molecule has 0 radical (unpaired) electrons. The first-order valence-corrected chi connectivity index (χ1v) is 4.29. The zero-order valence-corrected chi connectivity index (χ0v) is 7.97. The number of carboxylic acids is 1. The van der Waals surface area contributed by atoms with Crippen LogP contribution in [0.25, 0.3) is 11.0 Å². The summed E-state index contributed by atoms with van der Waals surface area (Å²) in [6.45, 7) is 0. The van der Waals surface area contributed by atoms with Gasteiger partial charge in [-0.15, -0.1) is 0 Å². The Kier molecular flexibility index (Phi) is 2.30. The standard InChI is InChI=1S/C9H4F4N2O2/c10-4-2-6-5(1-3(4)7(16)17)14-8(15-6)9(11,12)13/h1-2H,(H,14,15)(H,16,17). The van der Waals surface area contributed by atoms with Gasteiger partial charge in [-0.05, 0) is 6.07 Å². The van der Waals surface area contributed by atoms with Crippen LogP contribution in [0, 0.1) is 5.82 Å². The van der Waals surface area contributed by atoms with Crippen molar-refractivity contribution in [3.8, 4) is 0 Å². The third-order valence-corrected chi connectivity index (χ3v) is 2.07. The van der Waals surface area contributed by atoms with Crippen LogP contribution in [0.5, 0.6) is 0 Å². The molecule has 0 amide bonds. The van der Waals surface area contributed by atoms with Gasteiger partial charge in [0.25, 0.3) is 0 Å². The Bertz CT molecular complexity index is 603. The molecule has 1 heterocycles. The van der Waals surface area contributed by atoms with E-state index in [0.29, 0.717) is 6.07 Å². The third-order valence-electron chi connectivity index (χ3n) is 2.07. The molecule has 1 aromatic heterocycles. The summed E-state index contributed by atoms with van der Waals surface area (Å²) >= 11 is 0. The summed E-state index contributed by atoms with van der Waals surface area (Å²) in [6.07, 6.45) is -4.70. The molecule has 0 saturated carbocycles. The predicted molar refractivity (Wildman–Crippen MR) is 48.0 cm³/mol. The molecule has 0 fully saturated rings. The largest absolute Gasteiger partial charge is 0.478 e. The average Bonchev–Trinajstić information content (AvgIpc) is 2.58. The van der Waals surface area contributed by atoms with Crippen molar-refractivity contribution in [2.45, 2.75) is 6.18 Å². The monoisotopic (exact) mass is 248 g/mol. The number of fused-ring (bicyclic) bond motifs is 1. The number of H-pyrrole nitrogens is 1. The van der Waals surface area contributed by atoms with Crippen molar-refractivity contribution in [1.29, 1.82) is 0 Å². The molecule has 2 aromatic rings. The summed E-state index contributed by atoms with van der Waals surface area (Å²) in [5.74, 6) is -3.99. The molecule has 0 spiro atoms. The van der Waals surface area contributed by atoms with Gasteiger partial charge in [0.05, 0.1) is 16.6 Å². The predicted octanol–water partition coefficient (Wildman–Crippen LogP) is 2.42. The number of aromatic amines is 1. The minimum absolute atomic E-state index is 0.208. The fourth-order valence-corrected chi connectivity index (χ4v) is 1.33. The molecule has 0 aliphatic carbocycles. The summed E-state index contributed by atoms with van der Waals surface area (Å²) in [5, 5.41) is 8.59. The van der Waals surface area contributed by atoms with Crippen LogP contribution in [-0.2, 0) is 6.18 Å². The van der Waals surface area contributed by atoms with E-state index in [1.54, 1.807) is 0 Å². The fraction of sp³-hybridized carbons (Fsp3) is 0.111. The van der Waals surface area contributed by atoms with Gasteiger partial charge in [0.1, 0.15) is 5.82 Å². The fourth-order valence-electron chi connectivity index (χ4n) is 1.33. The lowest BCUT2D eigenvalue weighted by Gasteiger charge is -1.98. The van der Waals surface area contributed by atoms with E-state index in [1.807, 2.05) is 4.98 Å². The quantitative estimate of drug-likeness (QED) is 0.761. The van der Waals surface area contributed by atoms with Crippen LogP contribution in [-0.4, -0.2) is 21.0 Å². The first kappa shape index (κ1) is 11.4. The van der Waals surface area contributed by atoms with Crippen LogP contribution < -0.4 is 0 Å². The summed E-state index contributed by atoms with van der Waals surface area (Å²) in [6, 6.07) is 1.42. The molecule has 0 bridgehead atoms. The van der Waals surface area contributed by atoms with E-state index < -0.39 is 29.4 Å². The third kappa shape index (κ3) is 1.93. The number of hydrogen-bond donors (Lipinski definition) is 2. The first-order chi connectivity index (χ1) is 7.79. The Hall–Kier alpha value is -2.12. The van der Waals surface area contributed by atoms with Crippen molar-refractivity contribution in [3.63, 3.8) is 0 Å². The zero-order valence-electron chi connectivity index (χ0n) is 7.97. The van der Waals surface area contributed by atoms with Crippen LogP contribution in [0.1, 0.15) is 16.2 Å². The highest BCUT2D eigenvalue weighted by Crippen LogP contribution is 2.29. The second kappa shape index (κ2) is 3.44. The number of nitrogens with one attached hydrogen (secondary N) is 1. The molecule has 4 nitrogen and oxygen atoms in total. The van der Waals surface area contributed by atoms with Crippen LogP contribution in [0.15, 0.2) is 12.1 Å². The summed E-state index contributed by atoms with van der Waals surface area (Å²) in [5.41, 5.74) is -1.19. The van der Waals surface area contributed by atoms with Gasteiger partial charge in [-0.1, -0.05) is 0 Å². The smallest absolute Gasteiger partial charge is 0.449 e. The maximum Gasteiger partial charge on any atom is 0.449 e. The number of carboxylic acid groups (broad SMARTS) is 1. The molecular formula is C9H4F4N2O2. The van der Waals surface area contributed by atoms with Crippen molar-refractivity contribution < 1.29 is 27.5 Å². The van der Waals surface area contributed by atoms with Crippen LogP contribution in [0.2, 0.25) is 0 Å². The Balaban J connectivity index is 2.67. The summed E-state index contributed by atoms with van der Waals surface area (Å²) < 4.78 is 50.0. The van der Waals surface area contributed by atoms with Crippen molar-refractivity contribution in [2.24, 2.45) is 0 Å². The highest BCUT2D eigenvalue weighted by molar-refractivity contribution is 5.92. The van der Waals surface area contributed by atoms with Gasteiger partial charge in [0, 0.05) is 6.07 Å². The van der Waals surface area contributed by atoms with E-state index in [2.05, 4.69) is 4.98 Å². The molecule has 2 rings (SSSR count). The number of halogens is 4. The lowest BCUT2D eigenvalue weighted by molar-refractivity contribution is -0.144. The second-order valence-electron chi connectivity index (χ2n) is 3.24. The van der Waals surface area contributed by atoms with Crippen LogP contribution >= 0.6 is 0 Å². The number of imidazole rings is 1. The Morgan fingerprint density at radius 3 is 2.53 bits per heavy atom. The number of alkyl halides is 3. The molecule has 0 atom stereocenters. The van der Waals surface area contributed by atoms with E-state index in [9.17, 15) is 22.4 Å². The molecular weight excluding hydrogens is 244 g/mol. The summed E-state index contributed by atoms with van der Waals surface area (Å²) in [4.78, 5) is 15.6. The molecule has 90 valence electrons. The maximum absolute atomic E-state index is 13.2. The van der Waals surface area contributed by atoms with Gasteiger partial charge in [-0.2, -0.15) is 13.2 Å². The van der Waals surface area contributed by atoms with Gasteiger partial charge in [0.2, 0.25) is 5.82 Å². The van der Waals surface area contributed by atoms with Crippen molar-refractivity contribution >= 4 is 17.0 Å². The number of benzene rings is 1. The van der Waals surface area contributed by atoms with Crippen molar-refractivity contribution in [2.75, 3.05) is 0 Å². The molecule has 0 saturated heterocycles. The highest BCUT2D eigenvalue weighted by Gasteiger charge is 2.35. The molecule has 0 aliphatic heterocycles. The van der Waals surface area contributed by atoms with E-state index in [4.69, 9.17) is 5.11 Å². The van der Waals surface area contributed by atoms with E-state index >= 15 is 0 Å². The number of rotatable bonds is 1. The van der Waals surface area contributed by atoms with Crippen molar-refractivity contribution in [1.82, 2.24) is 9.97 Å². The number of hydrogen-bond acceptors (Lipinski definition) is 2. The highest BCUT2D eigenvalue weighted by atomic mass is 19.4. The van der Waals surface area contributed by atoms with E-state index in [-0.39, 0.29) is 11.0 Å². The average molecular weight is 248 g/mol. The van der Waals surface area contributed by atoms with E-state index in [0.717, 1.165) is 6.07 Å². The minimum atomic E-state index is -4.70. The lowest BCUT2D eigenvalue weighted by Crippen LogP contribution is -2.06. The summed E-state index contributed by atoms with van der Waals surface area (Å²) in [7, 11) is 0. The van der Waals surface area contributed by atoms with Crippen LogP contribution in [0.3, 0.4) is 0 Å². The van der Waals surface area contributed by atoms with E-state index in [1.165, 1.54) is 0 Å².